The van der Waals surface area contributed by atoms with Crippen molar-refractivity contribution in [3.05, 3.63) is 88.5 Å². The minimum atomic E-state index is -0.298. The van der Waals surface area contributed by atoms with Crippen LogP contribution in [0, 0.1) is 0 Å². The molecule has 0 radical (unpaired) electrons. The van der Waals surface area contributed by atoms with Crippen molar-refractivity contribution in [2.45, 2.75) is 13.2 Å². The summed E-state index contributed by atoms with van der Waals surface area (Å²) in [4.78, 5) is 18.0. The van der Waals surface area contributed by atoms with Gasteiger partial charge in [-0.15, -0.1) is 0 Å². The van der Waals surface area contributed by atoms with Crippen molar-refractivity contribution in [1.29, 1.82) is 0 Å². The fourth-order valence-corrected chi connectivity index (χ4v) is 4.86. The number of pyridine rings is 2. The van der Waals surface area contributed by atoms with Crippen LogP contribution in [0.1, 0.15) is 11.1 Å². The van der Waals surface area contributed by atoms with Crippen LogP contribution >= 0.6 is 0 Å². The molecule has 0 saturated carbocycles. The first-order valence-corrected chi connectivity index (χ1v) is 12.2. The van der Waals surface area contributed by atoms with E-state index in [0.29, 0.717) is 56.1 Å². The van der Waals surface area contributed by atoms with Gasteiger partial charge < -0.3 is 29.2 Å². The quantitative estimate of drug-likeness (QED) is 0.274. The van der Waals surface area contributed by atoms with Crippen LogP contribution in [0.4, 0.5) is 0 Å². The second-order valence-electron chi connectivity index (χ2n) is 8.80. The molecule has 2 aromatic heterocycles. The highest BCUT2D eigenvalue weighted by molar-refractivity contribution is 6.01. The van der Waals surface area contributed by atoms with Gasteiger partial charge in [-0.3, -0.25) is 9.36 Å². The molecule has 0 aliphatic heterocycles. The van der Waals surface area contributed by atoms with Crippen LogP contribution in [0.5, 0.6) is 17.2 Å². The van der Waals surface area contributed by atoms with E-state index in [1.165, 1.54) is 11.7 Å². The number of aromatic nitrogens is 2. The lowest BCUT2D eigenvalue weighted by Crippen LogP contribution is -2.19. The lowest BCUT2D eigenvalue weighted by molar-refractivity contribution is 0.0522. The molecule has 0 fully saturated rings. The molecular weight excluding hydrogens is 500 g/mol. The summed E-state index contributed by atoms with van der Waals surface area (Å²) in [6.45, 7) is -0.493. The molecule has 9 heteroatoms. The smallest absolute Gasteiger partial charge is 0.264 e. The molecule has 2 N–H and O–H groups in total. The molecule has 9 nitrogen and oxygen atoms in total. The zero-order valence-corrected chi connectivity index (χ0v) is 21.8. The topological polar surface area (TPSA) is 112 Å². The first-order valence-electron chi connectivity index (χ1n) is 12.2. The van der Waals surface area contributed by atoms with E-state index in [2.05, 4.69) is 4.98 Å². The van der Waals surface area contributed by atoms with Gasteiger partial charge in [0.25, 0.3) is 5.56 Å². The fourth-order valence-electron chi connectivity index (χ4n) is 4.86. The van der Waals surface area contributed by atoms with Crippen LogP contribution in [0.25, 0.3) is 38.5 Å². The lowest BCUT2D eigenvalue weighted by Gasteiger charge is -2.19. The molecule has 0 bridgehead atoms. The van der Waals surface area contributed by atoms with Gasteiger partial charge in [-0.1, -0.05) is 6.07 Å². The maximum Gasteiger partial charge on any atom is 0.264 e. The maximum atomic E-state index is 13.5. The molecular formula is C30H28N2O7. The zero-order valence-electron chi connectivity index (χ0n) is 21.8. The van der Waals surface area contributed by atoms with E-state index in [4.69, 9.17) is 18.9 Å². The summed E-state index contributed by atoms with van der Waals surface area (Å²) < 4.78 is 23.1. The van der Waals surface area contributed by atoms with Crippen molar-refractivity contribution in [2.24, 2.45) is 0 Å². The van der Waals surface area contributed by atoms with Crippen molar-refractivity contribution in [3.8, 4) is 34.2 Å². The number of aliphatic hydroxyl groups is 2. The van der Waals surface area contributed by atoms with Gasteiger partial charge in [0.05, 0.1) is 32.8 Å². The van der Waals surface area contributed by atoms with Crippen LogP contribution in [0.2, 0.25) is 0 Å². The Morgan fingerprint density at radius 2 is 1.64 bits per heavy atom. The Hall–Kier alpha value is -4.44. The van der Waals surface area contributed by atoms with Crippen molar-refractivity contribution >= 4 is 21.5 Å². The normalized spacial score (nSPS) is 11.2. The maximum absolute atomic E-state index is 13.5. The second-order valence-corrected chi connectivity index (χ2v) is 8.80. The molecule has 39 heavy (non-hydrogen) atoms. The van der Waals surface area contributed by atoms with Crippen LogP contribution in [0.15, 0.2) is 71.8 Å². The number of fused-ring (bicyclic) bond motifs is 2. The number of hydrogen-bond donors (Lipinski definition) is 2. The molecule has 5 aromatic rings. The Morgan fingerprint density at radius 3 is 2.36 bits per heavy atom. The van der Waals surface area contributed by atoms with Crippen molar-refractivity contribution in [1.82, 2.24) is 9.55 Å². The van der Waals surface area contributed by atoms with Gasteiger partial charge in [0.1, 0.15) is 11.6 Å². The summed E-state index contributed by atoms with van der Waals surface area (Å²) >= 11 is 0. The molecule has 0 atom stereocenters. The van der Waals surface area contributed by atoms with E-state index in [1.54, 1.807) is 63.0 Å². The summed E-state index contributed by atoms with van der Waals surface area (Å²) in [5.41, 5.74) is 2.30. The van der Waals surface area contributed by atoms with Gasteiger partial charge in [-0.2, -0.15) is 0 Å². The number of benzene rings is 3. The van der Waals surface area contributed by atoms with Crippen molar-refractivity contribution in [2.75, 3.05) is 28.1 Å². The Kier molecular flexibility index (Phi) is 7.47. The largest absolute Gasteiger partial charge is 0.493 e. The first kappa shape index (κ1) is 26.2. The number of hydrogen-bond acceptors (Lipinski definition) is 8. The summed E-state index contributed by atoms with van der Waals surface area (Å²) in [6, 6.07) is 16.2. The van der Waals surface area contributed by atoms with Crippen molar-refractivity contribution < 1.29 is 29.2 Å². The predicted octanol–water partition coefficient (Wildman–Crippen LogP) is 4.19. The highest BCUT2D eigenvalue weighted by atomic mass is 16.7. The van der Waals surface area contributed by atoms with Gasteiger partial charge in [0, 0.05) is 24.9 Å². The fraction of sp³-hybridized carbons (Fsp3) is 0.200. The van der Waals surface area contributed by atoms with Crippen molar-refractivity contribution in [3.63, 3.8) is 0 Å². The molecule has 0 saturated heterocycles. The Labute approximate surface area is 224 Å². The van der Waals surface area contributed by atoms with E-state index in [9.17, 15) is 15.0 Å². The average molecular weight is 529 g/mol. The van der Waals surface area contributed by atoms with E-state index in [1.807, 2.05) is 18.2 Å². The molecule has 0 aliphatic carbocycles. The Bertz CT molecular complexity index is 1720. The zero-order chi connectivity index (χ0) is 27.5. The molecule has 0 unspecified atom stereocenters. The van der Waals surface area contributed by atoms with Gasteiger partial charge in [-0.25, -0.2) is 4.98 Å². The van der Waals surface area contributed by atoms with E-state index in [0.717, 1.165) is 10.8 Å². The Morgan fingerprint density at radius 1 is 0.846 bits per heavy atom. The molecule has 5 rings (SSSR count). The number of ether oxygens (including phenoxy) is 4. The minimum Gasteiger partial charge on any atom is -0.493 e. The molecule has 0 spiro atoms. The van der Waals surface area contributed by atoms with Gasteiger partial charge in [-0.05, 0) is 81.6 Å². The first-order chi connectivity index (χ1) is 19.0. The third-order valence-electron chi connectivity index (χ3n) is 6.69. The number of methoxy groups -OCH3 is 3. The number of aliphatic hydroxyl groups excluding tert-OH is 2. The molecule has 0 amide bonds. The van der Waals surface area contributed by atoms with Crippen LogP contribution < -0.4 is 19.8 Å². The SMILES string of the molecule is COCOc1cccc2c(=O)n(-c3cc(-c4c(CO)c(CO)cc5cc(OC)c(OC)cc45)ccn3)ccc12. The highest BCUT2D eigenvalue weighted by Gasteiger charge is 2.19. The van der Waals surface area contributed by atoms with Gasteiger partial charge >= 0.3 is 0 Å². The van der Waals surface area contributed by atoms with Crippen LogP contribution in [-0.4, -0.2) is 47.9 Å². The van der Waals surface area contributed by atoms with Gasteiger partial charge in [0.15, 0.2) is 18.3 Å². The standard InChI is InChI=1S/C30H28N2O7/c1-36-17-39-25-6-4-5-22-21(25)8-10-32(30(22)35)28-13-18(7-9-31-28)29-23-14-27(38-3)26(37-2)12-19(23)11-20(15-33)24(29)16-34/h4-14,33-34H,15-17H2,1-3H3. The molecule has 2 heterocycles. The second kappa shape index (κ2) is 11.1. The number of nitrogens with zero attached hydrogens (tertiary/aromatic N) is 2. The van der Waals surface area contributed by atoms with Gasteiger partial charge in [0.2, 0.25) is 0 Å². The monoisotopic (exact) mass is 528 g/mol. The van der Waals surface area contributed by atoms with Crippen LogP contribution in [0.3, 0.4) is 0 Å². The summed E-state index contributed by atoms with van der Waals surface area (Å²) in [6.07, 6.45) is 3.26. The average Bonchev–Trinajstić information content (AvgIpc) is 2.98. The van der Waals surface area contributed by atoms with E-state index in [-0.39, 0.29) is 25.6 Å². The predicted molar refractivity (Wildman–Crippen MR) is 148 cm³/mol. The molecule has 3 aromatic carbocycles. The molecule has 200 valence electrons. The Balaban J connectivity index is 1.72. The third kappa shape index (κ3) is 4.67. The lowest BCUT2D eigenvalue weighted by atomic mass is 9.90. The minimum absolute atomic E-state index is 0.0660. The van der Waals surface area contributed by atoms with E-state index < -0.39 is 0 Å². The summed E-state index contributed by atoms with van der Waals surface area (Å²) in [5.74, 6) is 2.01. The third-order valence-corrected chi connectivity index (χ3v) is 6.69. The van der Waals surface area contributed by atoms with E-state index >= 15 is 0 Å². The summed E-state index contributed by atoms with van der Waals surface area (Å²) in [5, 5.41) is 23.2. The number of rotatable bonds is 9. The van der Waals surface area contributed by atoms with Crippen LogP contribution in [-0.2, 0) is 18.0 Å². The summed E-state index contributed by atoms with van der Waals surface area (Å²) in [7, 11) is 4.65. The molecule has 0 aliphatic rings. The highest BCUT2D eigenvalue weighted by Crippen LogP contribution is 2.40.